The monoisotopic (exact) mass is 441 g/mol. The largest absolute Gasteiger partial charge is 0.324 e. The van der Waals surface area contributed by atoms with E-state index in [1.165, 1.54) is 5.56 Å². The lowest BCUT2D eigenvalue weighted by Gasteiger charge is -2.24. The molecule has 5 rings (SSSR count). The van der Waals surface area contributed by atoms with Crippen LogP contribution in [0.15, 0.2) is 84.9 Å². The maximum absolute atomic E-state index is 12.6. The summed E-state index contributed by atoms with van der Waals surface area (Å²) < 4.78 is 1.78. The summed E-state index contributed by atoms with van der Waals surface area (Å²) in [5.74, 6) is 0.489. The Bertz CT molecular complexity index is 1290. The van der Waals surface area contributed by atoms with Crippen LogP contribution in [-0.4, -0.2) is 20.7 Å². The number of hydrogen-bond donors (Lipinski definition) is 2. The molecule has 0 radical (unpaired) electrons. The SMILES string of the molecule is Cc1ccc(C2=C[C@H](c3ccccc3)n3nc(NC(=O)c4ccc(Cl)cc4)nc3N2)cc1. The van der Waals surface area contributed by atoms with Gasteiger partial charge in [-0.15, -0.1) is 5.10 Å². The van der Waals surface area contributed by atoms with Gasteiger partial charge in [0.25, 0.3) is 11.9 Å². The number of halogens is 1. The molecule has 1 aromatic heterocycles. The van der Waals surface area contributed by atoms with E-state index in [1.54, 1.807) is 28.9 Å². The van der Waals surface area contributed by atoms with E-state index in [1.807, 2.05) is 18.2 Å². The van der Waals surface area contributed by atoms with Gasteiger partial charge in [0.2, 0.25) is 5.95 Å². The first-order chi connectivity index (χ1) is 15.6. The zero-order valence-electron chi connectivity index (χ0n) is 17.3. The van der Waals surface area contributed by atoms with Crippen molar-refractivity contribution in [3.63, 3.8) is 0 Å². The molecule has 158 valence electrons. The molecule has 0 saturated carbocycles. The van der Waals surface area contributed by atoms with Gasteiger partial charge in [-0.3, -0.25) is 10.1 Å². The molecule has 2 N–H and O–H groups in total. The molecule has 0 bridgehead atoms. The highest BCUT2D eigenvalue weighted by molar-refractivity contribution is 6.30. The van der Waals surface area contributed by atoms with Crippen LogP contribution >= 0.6 is 11.6 Å². The van der Waals surface area contributed by atoms with Gasteiger partial charge in [-0.1, -0.05) is 71.8 Å². The first kappa shape index (κ1) is 20.0. The van der Waals surface area contributed by atoms with Gasteiger partial charge < -0.3 is 5.32 Å². The fourth-order valence-corrected chi connectivity index (χ4v) is 3.74. The number of fused-ring (bicyclic) bond motifs is 1. The highest BCUT2D eigenvalue weighted by Gasteiger charge is 2.25. The number of nitrogens with one attached hydrogen (secondary N) is 2. The van der Waals surface area contributed by atoms with Gasteiger partial charge in [-0.2, -0.15) is 4.98 Å². The average Bonchev–Trinajstić information content (AvgIpc) is 3.22. The van der Waals surface area contributed by atoms with Gasteiger partial charge in [0.05, 0.1) is 0 Å². The molecule has 1 aliphatic rings. The molecule has 32 heavy (non-hydrogen) atoms. The minimum absolute atomic E-state index is 0.169. The highest BCUT2D eigenvalue weighted by atomic mass is 35.5. The lowest BCUT2D eigenvalue weighted by Crippen LogP contribution is -2.20. The Balaban J connectivity index is 1.49. The van der Waals surface area contributed by atoms with Crippen LogP contribution in [0.3, 0.4) is 0 Å². The molecule has 0 spiro atoms. The highest BCUT2D eigenvalue weighted by Crippen LogP contribution is 2.33. The van der Waals surface area contributed by atoms with E-state index in [4.69, 9.17) is 11.6 Å². The van der Waals surface area contributed by atoms with E-state index in [-0.39, 0.29) is 17.9 Å². The molecule has 1 amide bonds. The lowest BCUT2D eigenvalue weighted by atomic mass is 10.0. The van der Waals surface area contributed by atoms with Gasteiger partial charge in [-0.05, 0) is 48.4 Å². The Morgan fingerprint density at radius 3 is 2.44 bits per heavy atom. The van der Waals surface area contributed by atoms with Crippen molar-refractivity contribution in [3.05, 3.63) is 112 Å². The van der Waals surface area contributed by atoms with Crippen molar-refractivity contribution < 1.29 is 4.79 Å². The summed E-state index contributed by atoms with van der Waals surface area (Å²) in [6.07, 6.45) is 2.12. The standard InChI is InChI=1S/C25H20ClN5O/c1-16-7-9-17(10-8-16)21-15-22(18-5-3-2-4-6-18)31-25(27-21)29-24(30-31)28-23(32)19-11-13-20(26)14-12-19/h2-15,22H,1H3,(H2,27,28,29,30,32)/t22-/m1/s1. The number of amides is 1. The van der Waals surface area contributed by atoms with Crippen molar-refractivity contribution in [1.29, 1.82) is 0 Å². The number of hydrogen-bond acceptors (Lipinski definition) is 4. The Morgan fingerprint density at radius 2 is 1.72 bits per heavy atom. The Morgan fingerprint density at radius 1 is 1.00 bits per heavy atom. The predicted octanol–water partition coefficient (Wildman–Crippen LogP) is 5.55. The summed E-state index contributed by atoms with van der Waals surface area (Å²) in [6.45, 7) is 2.06. The van der Waals surface area contributed by atoms with Crippen molar-refractivity contribution >= 4 is 35.1 Å². The molecule has 0 fully saturated rings. The number of aryl methyl sites for hydroxylation is 1. The van der Waals surface area contributed by atoms with Gasteiger partial charge in [0.15, 0.2) is 0 Å². The van der Waals surface area contributed by atoms with Crippen molar-refractivity contribution in [1.82, 2.24) is 14.8 Å². The van der Waals surface area contributed by atoms with Crippen molar-refractivity contribution in [2.45, 2.75) is 13.0 Å². The minimum atomic E-state index is -0.299. The third-order valence-corrected chi connectivity index (χ3v) is 5.55. The fraction of sp³-hybridized carbons (Fsp3) is 0.0800. The molecule has 6 nitrogen and oxygen atoms in total. The first-order valence-electron chi connectivity index (χ1n) is 10.2. The zero-order valence-corrected chi connectivity index (χ0v) is 18.0. The molecular weight excluding hydrogens is 422 g/mol. The third kappa shape index (κ3) is 4.00. The topological polar surface area (TPSA) is 71.8 Å². The molecule has 0 saturated heterocycles. The molecule has 2 heterocycles. The molecule has 3 aromatic carbocycles. The molecule has 0 aliphatic carbocycles. The van der Waals surface area contributed by atoms with Gasteiger partial charge in [-0.25, -0.2) is 4.68 Å². The van der Waals surface area contributed by atoms with E-state index in [0.717, 1.165) is 16.8 Å². The van der Waals surface area contributed by atoms with Gasteiger partial charge in [0, 0.05) is 16.3 Å². The number of anilines is 2. The van der Waals surface area contributed by atoms with Crippen LogP contribution in [0.25, 0.3) is 5.70 Å². The number of aromatic nitrogens is 3. The Kier molecular flexibility index (Phi) is 5.21. The van der Waals surface area contributed by atoms with E-state index in [2.05, 4.69) is 70.1 Å². The van der Waals surface area contributed by atoms with Crippen LogP contribution < -0.4 is 10.6 Å². The van der Waals surface area contributed by atoms with E-state index >= 15 is 0 Å². The van der Waals surface area contributed by atoms with Gasteiger partial charge >= 0.3 is 0 Å². The van der Waals surface area contributed by atoms with Crippen LogP contribution in [0.4, 0.5) is 11.9 Å². The summed E-state index contributed by atoms with van der Waals surface area (Å²) >= 11 is 5.92. The number of nitrogens with zero attached hydrogens (tertiary/aromatic N) is 3. The second-order valence-corrected chi connectivity index (χ2v) is 8.03. The van der Waals surface area contributed by atoms with Crippen LogP contribution in [0.2, 0.25) is 5.02 Å². The normalized spacial score (nSPS) is 14.8. The van der Waals surface area contributed by atoms with Crippen LogP contribution in [0.5, 0.6) is 0 Å². The maximum atomic E-state index is 12.6. The number of carbonyl (C=O) groups excluding carboxylic acids is 1. The quantitative estimate of drug-likeness (QED) is 0.435. The Hall–Kier alpha value is -3.90. The predicted molar refractivity (Wildman–Crippen MR) is 127 cm³/mol. The molecule has 1 atom stereocenters. The number of carbonyl (C=O) groups is 1. The second-order valence-electron chi connectivity index (χ2n) is 7.59. The zero-order chi connectivity index (χ0) is 22.1. The summed E-state index contributed by atoms with van der Waals surface area (Å²) in [6, 6.07) is 24.9. The third-order valence-electron chi connectivity index (χ3n) is 5.30. The minimum Gasteiger partial charge on any atom is -0.324 e. The smallest absolute Gasteiger partial charge is 0.258 e. The number of rotatable bonds is 4. The Labute approximate surface area is 190 Å². The summed E-state index contributed by atoms with van der Waals surface area (Å²) in [7, 11) is 0. The molecule has 1 aliphatic heterocycles. The van der Waals surface area contributed by atoms with Crippen LogP contribution in [0.1, 0.15) is 33.1 Å². The molecule has 7 heteroatoms. The molecule has 4 aromatic rings. The molecule has 0 unspecified atom stereocenters. The average molecular weight is 442 g/mol. The van der Waals surface area contributed by atoms with Gasteiger partial charge in [0.1, 0.15) is 6.04 Å². The lowest BCUT2D eigenvalue weighted by molar-refractivity contribution is 0.102. The molecular formula is C25H20ClN5O. The van der Waals surface area contributed by atoms with E-state index in [0.29, 0.717) is 16.5 Å². The van der Waals surface area contributed by atoms with E-state index < -0.39 is 0 Å². The second kappa shape index (κ2) is 8.32. The number of allylic oxidation sites excluding steroid dienone is 1. The van der Waals surface area contributed by atoms with Crippen molar-refractivity contribution in [2.75, 3.05) is 10.6 Å². The maximum Gasteiger partial charge on any atom is 0.258 e. The summed E-state index contributed by atoms with van der Waals surface area (Å²) in [4.78, 5) is 17.2. The van der Waals surface area contributed by atoms with Crippen LogP contribution in [0, 0.1) is 6.92 Å². The first-order valence-corrected chi connectivity index (χ1v) is 10.6. The van der Waals surface area contributed by atoms with Crippen molar-refractivity contribution in [2.24, 2.45) is 0 Å². The summed E-state index contributed by atoms with van der Waals surface area (Å²) in [5, 5.41) is 11.3. The van der Waals surface area contributed by atoms with Crippen molar-refractivity contribution in [3.8, 4) is 0 Å². The van der Waals surface area contributed by atoms with Crippen LogP contribution in [-0.2, 0) is 0 Å². The summed E-state index contributed by atoms with van der Waals surface area (Å²) in [5.41, 5.74) is 4.74. The fourth-order valence-electron chi connectivity index (χ4n) is 3.61. The van der Waals surface area contributed by atoms with E-state index in [9.17, 15) is 4.79 Å². The number of benzene rings is 3.